The third kappa shape index (κ3) is 5.66. The van der Waals surface area contributed by atoms with Gasteiger partial charge in [0.15, 0.2) is 10.8 Å². The maximum atomic E-state index is 12.7. The first-order valence-electron chi connectivity index (χ1n) is 8.14. The smallest absolute Gasteiger partial charge is 0.362 e. The van der Waals surface area contributed by atoms with Crippen molar-refractivity contribution in [3.8, 4) is 0 Å². The van der Waals surface area contributed by atoms with E-state index in [1.165, 1.54) is 5.38 Å². The van der Waals surface area contributed by atoms with Gasteiger partial charge in [0.2, 0.25) is 5.91 Å². The van der Waals surface area contributed by atoms with Crippen LogP contribution in [-0.4, -0.2) is 83.8 Å². The van der Waals surface area contributed by atoms with Crippen molar-refractivity contribution in [2.24, 2.45) is 5.16 Å². The largest absolute Gasteiger partial charge is 0.469 e. The number of esters is 1. The van der Waals surface area contributed by atoms with E-state index >= 15 is 0 Å². The van der Waals surface area contributed by atoms with Crippen LogP contribution in [0.15, 0.2) is 10.5 Å². The van der Waals surface area contributed by atoms with Crippen LogP contribution in [0.25, 0.3) is 0 Å². The van der Waals surface area contributed by atoms with E-state index in [0.717, 1.165) is 25.6 Å². The fourth-order valence-electron chi connectivity index (χ4n) is 2.51. The lowest BCUT2D eigenvalue weighted by Gasteiger charge is -2.43. The Bertz CT molecular complexity index is 1030. The summed E-state index contributed by atoms with van der Waals surface area (Å²) in [6.07, 6.45) is -0.616. The minimum Gasteiger partial charge on any atom is -0.469 e. The molecule has 0 bridgehead atoms. The van der Waals surface area contributed by atoms with Crippen LogP contribution in [0.5, 0.6) is 0 Å². The molecule has 1 aromatic heterocycles. The molecular weight excluding hydrogens is 482 g/mol. The number of nitrogens with one attached hydrogen (secondary N) is 2. The van der Waals surface area contributed by atoms with Gasteiger partial charge >= 0.3 is 16.3 Å². The lowest BCUT2D eigenvalue weighted by atomic mass is 9.95. The predicted molar refractivity (Wildman–Crippen MR) is 106 cm³/mol. The fourth-order valence-corrected chi connectivity index (χ4v) is 4.17. The molecule has 2 rings (SSSR count). The van der Waals surface area contributed by atoms with Gasteiger partial charge in [-0.3, -0.25) is 23.7 Å². The minimum atomic E-state index is -4.97. The zero-order valence-corrected chi connectivity index (χ0v) is 18.3. The lowest BCUT2D eigenvalue weighted by molar-refractivity contribution is -0.151. The zero-order chi connectivity index (χ0) is 23.3. The van der Waals surface area contributed by atoms with Gasteiger partial charge in [0, 0.05) is 5.38 Å². The first kappa shape index (κ1) is 24.4. The molecule has 3 amide bonds. The highest BCUT2D eigenvalue weighted by molar-refractivity contribution is 7.84. The Morgan fingerprint density at radius 3 is 2.61 bits per heavy atom. The summed E-state index contributed by atoms with van der Waals surface area (Å²) in [7, 11) is -2.79. The monoisotopic (exact) mass is 497 g/mol. The summed E-state index contributed by atoms with van der Waals surface area (Å²) in [5.41, 5.74) is -0.433. The molecule has 1 saturated heterocycles. The van der Waals surface area contributed by atoms with Crippen molar-refractivity contribution >= 4 is 67.8 Å². The van der Waals surface area contributed by atoms with Gasteiger partial charge in [0.05, 0.1) is 19.6 Å². The number of halogens is 1. The number of amides is 3. The second-order valence-corrected chi connectivity index (χ2v) is 8.17. The maximum Gasteiger partial charge on any atom is 0.362 e. The van der Waals surface area contributed by atoms with Crippen molar-refractivity contribution in [2.45, 2.75) is 18.5 Å². The number of hydrogen-bond donors (Lipinski definition) is 3. The number of alkyl halides is 1. The number of β-lactam (4-membered cyclic amide) rings is 1. The lowest BCUT2D eigenvalue weighted by Crippen LogP contribution is -2.72. The average molecular weight is 498 g/mol. The van der Waals surface area contributed by atoms with E-state index in [1.807, 2.05) is 0 Å². The highest BCUT2D eigenvalue weighted by atomic mass is 35.5. The van der Waals surface area contributed by atoms with Gasteiger partial charge in [-0.1, -0.05) is 5.16 Å². The van der Waals surface area contributed by atoms with Crippen LogP contribution < -0.4 is 10.6 Å². The maximum absolute atomic E-state index is 12.7. The quantitative estimate of drug-likeness (QED) is 0.0924. The van der Waals surface area contributed by atoms with Crippen molar-refractivity contribution in [2.75, 3.05) is 25.4 Å². The Kier molecular flexibility index (Phi) is 7.88. The van der Waals surface area contributed by atoms with Crippen molar-refractivity contribution in [1.82, 2.24) is 14.6 Å². The highest BCUT2D eigenvalue weighted by Gasteiger charge is 2.55. The Labute approximate surface area is 184 Å². The van der Waals surface area contributed by atoms with Gasteiger partial charge < -0.3 is 20.2 Å². The normalized spacial score (nSPS) is 18.8. The van der Waals surface area contributed by atoms with Gasteiger partial charge in [0.1, 0.15) is 24.7 Å². The van der Waals surface area contributed by atoms with Gasteiger partial charge in [0.25, 0.3) is 11.8 Å². The fraction of sp³-hybridized carbons (Fsp3) is 0.429. The van der Waals surface area contributed by atoms with Crippen molar-refractivity contribution in [3.05, 3.63) is 11.1 Å². The number of anilines is 1. The summed E-state index contributed by atoms with van der Waals surface area (Å²) in [5.74, 6) is -3.89. The van der Waals surface area contributed by atoms with Crippen LogP contribution in [0.4, 0.5) is 5.13 Å². The number of ether oxygens (including phenoxy) is 1. The molecule has 1 aromatic rings. The minimum absolute atomic E-state index is 0.0304. The van der Waals surface area contributed by atoms with Crippen molar-refractivity contribution in [1.29, 1.82) is 0 Å². The van der Waals surface area contributed by atoms with E-state index in [2.05, 4.69) is 30.3 Å². The van der Waals surface area contributed by atoms with E-state index in [9.17, 15) is 32.1 Å². The van der Waals surface area contributed by atoms with Crippen LogP contribution >= 0.6 is 22.9 Å². The molecule has 17 heteroatoms. The Hall–Kier alpha value is -2.82. The van der Waals surface area contributed by atoms with E-state index in [4.69, 9.17) is 11.6 Å². The first-order valence-corrected chi connectivity index (χ1v) is 11.0. The molecule has 3 N–H and O–H groups in total. The molecule has 2 atom stereocenters. The molecule has 0 aliphatic carbocycles. The third-order valence-corrected chi connectivity index (χ3v) is 5.77. The molecule has 0 radical (unpaired) electrons. The first-order chi connectivity index (χ1) is 14.5. The molecule has 170 valence electrons. The van der Waals surface area contributed by atoms with Crippen LogP contribution in [0.3, 0.4) is 0 Å². The topological polar surface area (TPSA) is 194 Å². The number of aromatic nitrogens is 1. The number of nitrogens with zero attached hydrogens (tertiary/aromatic N) is 3. The molecule has 31 heavy (non-hydrogen) atoms. The summed E-state index contributed by atoms with van der Waals surface area (Å²) >= 11 is 6.35. The van der Waals surface area contributed by atoms with Crippen LogP contribution in [0.1, 0.15) is 12.1 Å². The Balaban J connectivity index is 2.23. The summed E-state index contributed by atoms with van der Waals surface area (Å²) in [5, 5.41) is 9.61. The molecule has 0 aromatic carbocycles. The number of thiazole rings is 1. The van der Waals surface area contributed by atoms with Gasteiger partial charge in [-0.05, 0) is 0 Å². The standard InChI is InChI=1S/C14H16ClN5O9S2/c1-28-9(22)3-7-11(13(24)20(7)31(25,26)27)18-12(23)10(19-29-2)6-5-30-14(16-6)17-8(21)4-15/h5,7,11H,3-4H2,1-2H3,(H,18,23)(H,16,17,21)(H,25,26,27). The predicted octanol–water partition coefficient (Wildman–Crippen LogP) is -1.27. The molecule has 2 heterocycles. The number of rotatable bonds is 9. The van der Waals surface area contributed by atoms with Crippen LogP contribution in [-0.2, 0) is 39.1 Å². The number of carbonyl (C=O) groups excluding carboxylic acids is 4. The molecule has 2 unspecified atom stereocenters. The van der Waals surface area contributed by atoms with E-state index < -0.39 is 58.2 Å². The molecule has 14 nitrogen and oxygen atoms in total. The Morgan fingerprint density at radius 2 is 2.06 bits per heavy atom. The molecule has 0 saturated carbocycles. The molecule has 1 fully saturated rings. The van der Waals surface area contributed by atoms with E-state index in [0.29, 0.717) is 0 Å². The SMILES string of the molecule is CON=C(C(=O)NC1C(=O)N(S(=O)(=O)O)C1CC(=O)OC)c1csc(NC(=O)CCl)n1. The number of hydrogen-bond acceptors (Lipinski definition) is 11. The van der Waals surface area contributed by atoms with Crippen LogP contribution in [0, 0.1) is 0 Å². The average Bonchev–Trinajstić information content (AvgIpc) is 3.16. The summed E-state index contributed by atoms with van der Waals surface area (Å²) in [4.78, 5) is 56.3. The second kappa shape index (κ2) is 9.99. The molecule has 1 aliphatic heterocycles. The van der Waals surface area contributed by atoms with E-state index in [1.54, 1.807) is 0 Å². The molecular formula is C14H16ClN5O9S2. The van der Waals surface area contributed by atoms with E-state index in [-0.39, 0.29) is 21.0 Å². The summed E-state index contributed by atoms with van der Waals surface area (Å²) in [6, 6.07) is -2.90. The number of methoxy groups -OCH3 is 1. The van der Waals surface area contributed by atoms with Crippen molar-refractivity contribution < 1.29 is 41.7 Å². The van der Waals surface area contributed by atoms with Gasteiger partial charge in [-0.2, -0.15) is 8.42 Å². The van der Waals surface area contributed by atoms with Gasteiger partial charge in [-0.15, -0.1) is 22.9 Å². The molecule has 0 spiro atoms. The van der Waals surface area contributed by atoms with Gasteiger partial charge in [-0.25, -0.2) is 9.29 Å². The second-order valence-electron chi connectivity index (χ2n) is 5.75. The van der Waals surface area contributed by atoms with Crippen LogP contribution in [0.2, 0.25) is 0 Å². The zero-order valence-electron chi connectivity index (χ0n) is 15.9. The summed E-state index contributed by atoms with van der Waals surface area (Å²) in [6.45, 7) is 0. The third-order valence-electron chi connectivity index (χ3n) is 3.82. The number of carbonyl (C=O) groups is 4. The Morgan fingerprint density at radius 1 is 1.39 bits per heavy atom. The molecule has 1 aliphatic rings. The number of oxime groups is 1. The summed E-state index contributed by atoms with van der Waals surface area (Å²) < 4.78 is 36.5. The highest BCUT2D eigenvalue weighted by Crippen LogP contribution is 2.27. The van der Waals surface area contributed by atoms with Crippen molar-refractivity contribution in [3.63, 3.8) is 0 Å².